The van der Waals surface area contributed by atoms with Crippen LogP contribution in [0, 0.1) is 0 Å². The van der Waals surface area contributed by atoms with E-state index in [4.69, 9.17) is 0 Å². The highest BCUT2D eigenvalue weighted by molar-refractivity contribution is 5.98. The number of benzene rings is 14. The Hall–Kier alpha value is -11.5. The van der Waals surface area contributed by atoms with E-state index in [-0.39, 0.29) is 21.7 Å². The zero-order valence-electron chi connectivity index (χ0n) is 57.4. The van der Waals surface area contributed by atoms with Crippen LogP contribution in [0.15, 0.2) is 322 Å². The van der Waals surface area contributed by atoms with Crippen LogP contribution in [0.2, 0.25) is 0 Å². The first-order valence-corrected chi connectivity index (χ1v) is 35.0. The topological polar surface area (TPSA) is 9.72 Å². The molecule has 0 atom stereocenters. The van der Waals surface area contributed by atoms with Gasteiger partial charge in [-0.25, -0.2) is 0 Å². The fourth-order valence-electron chi connectivity index (χ4n) is 17.0. The molecular formula is C96H77N3. The molecule has 14 aromatic carbocycles. The Kier molecular flexibility index (Phi) is 13.6. The molecule has 99 heavy (non-hydrogen) atoms. The lowest BCUT2D eigenvalue weighted by atomic mass is 9.65. The quantitative estimate of drug-likeness (QED) is 0.135. The van der Waals surface area contributed by atoms with Crippen molar-refractivity contribution < 1.29 is 0 Å². The molecule has 14 aromatic rings. The highest BCUT2D eigenvalue weighted by Gasteiger charge is 2.48. The molecule has 0 spiro atoms. The van der Waals surface area contributed by atoms with Crippen LogP contribution in [0.25, 0.3) is 77.9 Å². The van der Waals surface area contributed by atoms with Gasteiger partial charge in [-0.05, 0) is 219 Å². The summed E-state index contributed by atoms with van der Waals surface area (Å²) >= 11 is 0. The van der Waals surface area contributed by atoms with E-state index in [2.05, 4.69) is 392 Å². The molecule has 0 bridgehead atoms. The Labute approximate surface area is 583 Å². The minimum Gasteiger partial charge on any atom is -0.311 e. The van der Waals surface area contributed by atoms with Crippen molar-refractivity contribution in [3.63, 3.8) is 0 Å². The minimum absolute atomic E-state index is 0.196. The molecule has 3 nitrogen and oxygen atoms in total. The van der Waals surface area contributed by atoms with E-state index in [1.165, 1.54) is 157 Å². The van der Waals surface area contributed by atoms with Crippen molar-refractivity contribution >= 4 is 51.2 Å². The first-order valence-electron chi connectivity index (χ1n) is 35.0. The van der Waals surface area contributed by atoms with Gasteiger partial charge in [-0.15, -0.1) is 0 Å². The van der Waals surface area contributed by atoms with Crippen LogP contribution >= 0.6 is 0 Å². The molecular weight excluding hydrogens is 1200 g/mol. The standard InChI is InChI=1S/C96H77N3/c1-93(2)79-28-18-20-30-87(79)98-88-31-21-19-29-80(88)94(3,4)84-59-74(58-83(93)91(84)98)70-36-32-65(33-37-70)68-42-50-77(51-43-68)97(76-48-40-67(41-49-76)62-22-12-9-13-23-62)78-52-44-69(45-53-78)66-34-38-71(39-35-66)75-60-85-92-86(61-75)96(7,8)82-57-73(64-26-16-11-17-27-64)47-55-90(82)99(92)89-54-46-72(56-81(89)95(85,5)6)63-24-14-10-15-25-63/h9-61H,1-8H3. The fourth-order valence-corrected chi connectivity index (χ4v) is 17.0. The number of nitrogens with zero attached hydrogens (tertiary/aromatic N) is 3. The van der Waals surface area contributed by atoms with Crippen LogP contribution < -0.4 is 14.7 Å². The Morgan fingerprint density at radius 1 is 0.182 bits per heavy atom. The predicted octanol–water partition coefficient (Wildman–Crippen LogP) is 26.3. The van der Waals surface area contributed by atoms with E-state index in [0.717, 1.165) is 17.1 Å². The molecule has 0 amide bonds. The fraction of sp³-hybridized carbons (Fsp3) is 0.125. The third-order valence-electron chi connectivity index (χ3n) is 22.6. The zero-order valence-corrected chi connectivity index (χ0v) is 57.4. The van der Waals surface area contributed by atoms with Crippen molar-refractivity contribution in [1.29, 1.82) is 0 Å². The summed E-state index contributed by atoms with van der Waals surface area (Å²) in [5, 5.41) is 0. The largest absolute Gasteiger partial charge is 0.311 e. The maximum absolute atomic E-state index is 2.58. The smallest absolute Gasteiger partial charge is 0.0544 e. The molecule has 0 aliphatic carbocycles. The third-order valence-corrected chi connectivity index (χ3v) is 22.6. The Balaban J connectivity index is 0.666. The van der Waals surface area contributed by atoms with E-state index in [1.54, 1.807) is 0 Å². The summed E-state index contributed by atoms with van der Waals surface area (Å²) in [4.78, 5) is 7.50. The minimum atomic E-state index is -0.301. The van der Waals surface area contributed by atoms with E-state index in [1.807, 2.05) is 0 Å². The number of para-hydroxylation sites is 2. The maximum atomic E-state index is 2.58. The van der Waals surface area contributed by atoms with Crippen molar-refractivity contribution in [2.45, 2.75) is 77.0 Å². The molecule has 4 aliphatic heterocycles. The van der Waals surface area contributed by atoms with Crippen LogP contribution in [0.3, 0.4) is 0 Å². The van der Waals surface area contributed by atoms with Crippen LogP contribution in [0.4, 0.5) is 51.2 Å². The summed E-state index contributed by atoms with van der Waals surface area (Å²) in [7, 11) is 0. The van der Waals surface area contributed by atoms with E-state index in [0.29, 0.717) is 0 Å². The molecule has 0 N–H and O–H groups in total. The van der Waals surface area contributed by atoms with Gasteiger partial charge >= 0.3 is 0 Å². The molecule has 476 valence electrons. The molecule has 0 radical (unpaired) electrons. The average Bonchev–Trinajstić information content (AvgIpc) is 0.695. The van der Waals surface area contributed by atoms with Gasteiger partial charge in [0, 0.05) is 38.7 Å². The monoisotopic (exact) mass is 1270 g/mol. The van der Waals surface area contributed by atoms with Gasteiger partial charge < -0.3 is 14.7 Å². The van der Waals surface area contributed by atoms with Gasteiger partial charge in [0.25, 0.3) is 0 Å². The lowest BCUT2D eigenvalue weighted by molar-refractivity contribution is 0.597. The highest BCUT2D eigenvalue weighted by Crippen LogP contribution is 2.63. The third kappa shape index (κ3) is 9.53. The molecule has 0 unspecified atom stereocenters. The van der Waals surface area contributed by atoms with Gasteiger partial charge in [0.15, 0.2) is 0 Å². The normalized spacial score (nSPS) is 14.9. The molecule has 0 saturated carbocycles. The summed E-state index contributed by atoms with van der Waals surface area (Å²) < 4.78 is 0. The van der Waals surface area contributed by atoms with Crippen molar-refractivity contribution in [3.8, 4) is 77.9 Å². The van der Waals surface area contributed by atoms with Gasteiger partial charge in [0.2, 0.25) is 0 Å². The number of hydrogen-bond donors (Lipinski definition) is 0. The molecule has 0 saturated heterocycles. The molecule has 4 heterocycles. The highest BCUT2D eigenvalue weighted by atomic mass is 15.2. The lowest BCUT2D eigenvalue weighted by Crippen LogP contribution is -2.38. The van der Waals surface area contributed by atoms with Crippen molar-refractivity contribution in [3.05, 3.63) is 366 Å². The summed E-state index contributed by atoms with van der Waals surface area (Å²) in [6.07, 6.45) is 0. The average molecular weight is 1270 g/mol. The lowest BCUT2D eigenvalue weighted by Gasteiger charge is -2.50. The second-order valence-electron chi connectivity index (χ2n) is 29.7. The van der Waals surface area contributed by atoms with Gasteiger partial charge in [-0.1, -0.05) is 280 Å². The number of fused-ring (bicyclic) bond motifs is 8. The summed E-state index contributed by atoms with van der Waals surface area (Å²) in [5.74, 6) is 0. The summed E-state index contributed by atoms with van der Waals surface area (Å²) in [6, 6.07) is 120. The van der Waals surface area contributed by atoms with Crippen LogP contribution in [0.1, 0.15) is 99.9 Å². The van der Waals surface area contributed by atoms with Crippen molar-refractivity contribution in [2.75, 3.05) is 14.7 Å². The second-order valence-corrected chi connectivity index (χ2v) is 29.7. The van der Waals surface area contributed by atoms with Crippen molar-refractivity contribution in [2.24, 2.45) is 0 Å². The van der Waals surface area contributed by atoms with E-state index in [9.17, 15) is 0 Å². The van der Waals surface area contributed by atoms with Crippen LogP contribution in [-0.4, -0.2) is 0 Å². The van der Waals surface area contributed by atoms with Crippen LogP contribution in [0.5, 0.6) is 0 Å². The maximum Gasteiger partial charge on any atom is 0.0544 e. The molecule has 4 aliphatic rings. The zero-order chi connectivity index (χ0) is 67.1. The van der Waals surface area contributed by atoms with Gasteiger partial charge in [0.1, 0.15) is 0 Å². The number of anilines is 9. The number of hydrogen-bond acceptors (Lipinski definition) is 3. The Bertz CT molecular complexity index is 5290. The van der Waals surface area contributed by atoms with E-state index >= 15 is 0 Å². The van der Waals surface area contributed by atoms with Gasteiger partial charge in [-0.3, -0.25) is 0 Å². The first-order chi connectivity index (χ1) is 48.1. The van der Waals surface area contributed by atoms with Gasteiger partial charge in [-0.2, -0.15) is 0 Å². The van der Waals surface area contributed by atoms with E-state index < -0.39 is 0 Å². The second kappa shape index (κ2) is 22.5. The SMILES string of the molecule is CC1(C)c2ccccc2N2c3ccccc3C(C)(C)c3cc(-c4ccc(-c5ccc(N(c6ccc(-c7ccccc7)cc6)c6ccc(-c7ccc(-c8cc9c%10c(c8)C(C)(C)c8cc(-c%11ccccc%11)ccc8N%10c8ccc(-c%10ccccc%10)cc8C9(C)C)cc7)cc6)cc5)cc4)cc1c32. The number of rotatable bonds is 10. The predicted molar refractivity (Wildman–Crippen MR) is 417 cm³/mol. The summed E-state index contributed by atoms with van der Waals surface area (Å²) in [5.41, 5.74) is 37.6. The van der Waals surface area contributed by atoms with Crippen LogP contribution in [-0.2, 0) is 21.7 Å². The van der Waals surface area contributed by atoms with Gasteiger partial charge in [0.05, 0.1) is 34.1 Å². The Morgan fingerprint density at radius 2 is 0.394 bits per heavy atom. The molecule has 0 aromatic heterocycles. The molecule has 3 heteroatoms. The first kappa shape index (κ1) is 59.9. The summed E-state index contributed by atoms with van der Waals surface area (Å²) in [6.45, 7) is 19.3. The molecule has 18 rings (SSSR count). The molecule has 0 fully saturated rings. The van der Waals surface area contributed by atoms with Crippen molar-refractivity contribution in [1.82, 2.24) is 0 Å². The Morgan fingerprint density at radius 3 is 0.707 bits per heavy atom.